The Balaban J connectivity index is 0.00000162. The molecule has 2 unspecified atom stereocenters. The fraction of sp³-hybridized carbons (Fsp3) is 0.750. The number of nitrogens with one attached hydrogen (secondary N) is 2. The first-order chi connectivity index (χ1) is 8.06. The van der Waals surface area contributed by atoms with Crippen molar-refractivity contribution in [2.45, 2.75) is 39.5 Å². The molecule has 0 radical (unpaired) electrons. The SMILES string of the molecule is CCCC1C(CC)CC12C(=O)NC(=O)NC2=O.[Na+]. The van der Waals surface area contributed by atoms with Crippen molar-refractivity contribution in [2.24, 2.45) is 17.3 Å². The Bertz CT molecular complexity index is 364. The summed E-state index contributed by atoms with van der Waals surface area (Å²) in [5.41, 5.74) is -0.982. The second-order valence-corrected chi connectivity index (χ2v) is 4.98. The Kier molecular flexibility index (Phi) is 4.98. The Hall–Kier alpha value is -0.390. The Morgan fingerprint density at radius 1 is 1.17 bits per heavy atom. The summed E-state index contributed by atoms with van der Waals surface area (Å²) in [5.74, 6) is -0.325. The molecule has 2 aliphatic rings. The van der Waals surface area contributed by atoms with E-state index in [0.717, 1.165) is 19.3 Å². The molecule has 2 atom stereocenters. The molecule has 1 saturated carbocycles. The predicted molar refractivity (Wildman–Crippen MR) is 60.9 cm³/mol. The zero-order valence-electron chi connectivity index (χ0n) is 11.2. The van der Waals surface area contributed by atoms with E-state index in [1.54, 1.807) is 0 Å². The van der Waals surface area contributed by atoms with Crippen LogP contribution in [0.25, 0.3) is 0 Å². The molecule has 1 spiro atoms. The van der Waals surface area contributed by atoms with Crippen LogP contribution in [0.5, 0.6) is 0 Å². The number of urea groups is 1. The molecule has 5 nitrogen and oxygen atoms in total. The van der Waals surface area contributed by atoms with Crippen LogP contribution in [0, 0.1) is 17.3 Å². The summed E-state index contributed by atoms with van der Waals surface area (Å²) in [7, 11) is 0. The molecular formula is C12H18N2NaO3+. The second-order valence-electron chi connectivity index (χ2n) is 4.98. The number of amides is 4. The van der Waals surface area contributed by atoms with Gasteiger partial charge in [0, 0.05) is 0 Å². The molecule has 1 aliphatic heterocycles. The van der Waals surface area contributed by atoms with Crippen molar-refractivity contribution in [3.63, 3.8) is 0 Å². The van der Waals surface area contributed by atoms with Gasteiger partial charge in [-0.1, -0.05) is 26.7 Å². The van der Waals surface area contributed by atoms with Gasteiger partial charge >= 0.3 is 35.6 Å². The van der Waals surface area contributed by atoms with Gasteiger partial charge in [0.2, 0.25) is 11.8 Å². The van der Waals surface area contributed by atoms with Gasteiger partial charge in [-0.2, -0.15) is 0 Å². The van der Waals surface area contributed by atoms with Crippen LogP contribution in [0.4, 0.5) is 4.79 Å². The maximum Gasteiger partial charge on any atom is 1.00 e. The number of hydrogen-bond acceptors (Lipinski definition) is 3. The molecule has 0 aromatic carbocycles. The minimum Gasteiger partial charge on any atom is -0.277 e. The van der Waals surface area contributed by atoms with Crippen LogP contribution < -0.4 is 40.2 Å². The van der Waals surface area contributed by atoms with Crippen LogP contribution >= 0.6 is 0 Å². The number of rotatable bonds is 3. The van der Waals surface area contributed by atoms with E-state index in [1.165, 1.54) is 0 Å². The first-order valence-corrected chi connectivity index (χ1v) is 6.23. The first-order valence-electron chi connectivity index (χ1n) is 6.23. The average molecular weight is 261 g/mol. The number of imide groups is 2. The number of carbonyl (C=O) groups excluding carboxylic acids is 3. The molecule has 0 aromatic heterocycles. The van der Waals surface area contributed by atoms with Gasteiger partial charge < -0.3 is 0 Å². The van der Waals surface area contributed by atoms with Crippen LogP contribution in [0.1, 0.15) is 39.5 Å². The molecule has 1 aliphatic carbocycles. The molecule has 2 rings (SSSR count). The van der Waals surface area contributed by atoms with Crippen molar-refractivity contribution >= 4 is 17.8 Å². The monoisotopic (exact) mass is 261 g/mol. The summed E-state index contributed by atoms with van der Waals surface area (Å²) in [6, 6.07) is -0.694. The maximum atomic E-state index is 12.0. The van der Waals surface area contributed by atoms with Gasteiger partial charge in [-0.15, -0.1) is 0 Å². The Morgan fingerprint density at radius 3 is 2.17 bits per heavy atom. The molecule has 4 amide bonds. The van der Waals surface area contributed by atoms with Crippen molar-refractivity contribution in [1.29, 1.82) is 0 Å². The van der Waals surface area contributed by atoms with Crippen LogP contribution in [0.15, 0.2) is 0 Å². The normalized spacial score (nSPS) is 29.1. The molecule has 0 bridgehead atoms. The topological polar surface area (TPSA) is 75.3 Å². The van der Waals surface area contributed by atoms with Gasteiger partial charge in [0.1, 0.15) is 5.41 Å². The molecule has 0 aromatic rings. The summed E-state index contributed by atoms with van der Waals surface area (Å²) in [6.45, 7) is 4.12. The van der Waals surface area contributed by atoms with Crippen molar-refractivity contribution in [3.05, 3.63) is 0 Å². The molecular weight excluding hydrogens is 243 g/mol. The van der Waals surface area contributed by atoms with Gasteiger partial charge in [-0.05, 0) is 24.7 Å². The van der Waals surface area contributed by atoms with E-state index < -0.39 is 23.3 Å². The van der Waals surface area contributed by atoms with Gasteiger partial charge in [0.25, 0.3) is 0 Å². The van der Waals surface area contributed by atoms with Crippen LogP contribution in [0.2, 0.25) is 0 Å². The fourth-order valence-corrected chi connectivity index (χ4v) is 3.26. The van der Waals surface area contributed by atoms with Gasteiger partial charge in [-0.3, -0.25) is 20.2 Å². The maximum absolute atomic E-state index is 12.0. The smallest absolute Gasteiger partial charge is 0.277 e. The summed E-state index contributed by atoms with van der Waals surface area (Å²) in [5, 5.41) is 4.45. The summed E-state index contributed by atoms with van der Waals surface area (Å²) < 4.78 is 0. The van der Waals surface area contributed by atoms with E-state index in [0.29, 0.717) is 12.3 Å². The molecule has 18 heavy (non-hydrogen) atoms. The number of carbonyl (C=O) groups is 3. The second kappa shape index (κ2) is 5.72. The number of barbiturate groups is 1. The zero-order chi connectivity index (χ0) is 12.6. The Labute approximate surface area is 129 Å². The van der Waals surface area contributed by atoms with E-state index in [-0.39, 0.29) is 35.5 Å². The van der Waals surface area contributed by atoms with Crippen molar-refractivity contribution in [3.8, 4) is 0 Å². The molecule has 1 heterocycles. The third-order valence-electron chi connectivity index (χ3n) is 4.17. The van der Waals surface area contributed by atoms with Crippen LogP contribution in [-0.2, 0) is 9.59 Å². The average Bonchev–Trinajstić information content (AvgIpc) is 2.24. The minimum atomic E-state index is -0.982. The molecule has 6 heteroatoms. The summed E-state index contributed by atoms with van der Waals surface area (Å²) in [6.07, 6.45) is 3.34. The standard InChI is InChI=1S/C12H18N2O3.Na/c1-3-5-8-7(4-2)6-12(8)9(15)13-11(17)14-10(12)16;/h7-8H,3-6H2,1-2H3,(H2,13,14,15,16,17);/q;+1. The molecule has 2 N–H and O–H groups in total. The predicted octanol–water partition coefficient (Wildman–Crippen LogP) is -1.81. The fourth-order valence-electron chi connectivity index (χ4n) is 3.26. The van der Waals surface area contributed by atoms with E-state index in [2.05, 4.69) is 17.6 Å². The van der Waals surface area contributed by atoms with Gasteiger partial charge in [0.05, 0.1) is 0 Å². The third kappa shape index (κ3) is 2.12. The summed E-state index contributed by atoms with van der Waals surface area (Å²) in [4.78, 5) is 35.0. The van der Waals surface area contributed by atoms with E-state index in [9.17, 15) is 14.4 Å². The largest absolute Gasteiger partial charge is 1.00 e. The van der Waals surface area contributed by atoms with E-state index in [1.807, 2.05) is 6.92 Å². The summed E-state index contributed by atoms with van der Waals surface area (Å²) >= 11 is 0. The number of hydrogen-bond donors (Lipinski definition) is 2. The Morgan fingerprint density at radius 2 is 1.72 bits per heavy atom. The van der Waals surface area contributed by atoms with Crippen molar-refractivity contribution < 1.29 is 43.9 Å². The van der Waals surface area contributed by atoms with Crippen LogP contribution in [-0.4, -0.2) is 17.8 Å². The zero-order valence-corrected chi connectivity index (χ0v) is 13.2. The minimum absolute atomic E-state index is 0. The van der Waals surface area contributed by atoms with E-state index in [4.69, 9.17) is 0 Å². The van der Waals surface area contributed by atoms with Crippen molar-refractivity contribution in [2.75, 3.05) is 0 Å². The van der Waals surface area contributed by atoms with Crippen LogP contribution in [0.3, 0.4) is 0 Å². The van der Waals surface area contributed by atoms with Crippen molar-refractivity contribution in [1.82, 2.24) is 10.6 Å². The first kappa shape index (κ1) is 15.7. The van der Waals surface area contributed by atoms with Gasteiger partial charge in [-0.25, -0.2) is 4.79 Å². The molecule has 1 saturated heterocycles. The quantitative estimate of drug-likeness (QED) is 0.464. The van der Waals surface area contributed by atoms with Gasteiger partial charge in [0.15, 0.2) is 0 Å². The third-order valence-corrected chi connectivity index (χ3v) is 4.17. The molecule has 2 fully saturated rings. The van der Waals surface area contributed by atoms with E-state index >= 15 is 0 Å². The molecule has 94 valence electrons.